The van der Waals surface area contributed by atoms with Crippen molar-refractivity contribution in [3.63, 3.8) is 0 Å². The van der Waals surface area contributed by atoms with Crippen LogP contribution in [0.25, 0.3) is 10.2 Å². The molecule has 0 saturated heterocycles. The van der Waals surface area contributed by atoms with Gasteiger partial charge in [-0.25, -0.2) is 4.98 Å². The first kappa shape index (κ1) is 19.2. The van der Waals surface area contributed by atoms with Gasteiger partial charge in [-0.1, -0.05) is 6.92 Å². The summed E-state index contributed by atoms with van der Waals surface area (Å²) in [5.41, 5.74) is 0. The van der Waals surface area contributed by atoms with Crippen LogP contribution < -0.4 is 4.90 Å². The van der Waals surface area contributed by atoms with E-state index in [0.29, 0.717) is 10.6 Å². The van der Waals surface area contributed by atoms with Gasteiger partial charge in [-0.2, -0.15) is 26.9 Å². The summed E-state index contributed by atoms with van der Waals surface area (Å²) in [4.78, 5) is 11.9. The number of hydrogen-bond acceptors (Lipinski definition) is 6. The largest absolute Gasteiger partial charge is 0.461 e. The van der Waals surface area contributed by atoms with E-state index < -0.39 is 17.9 Å². The van der Waals surface area contributed by atoms with Crippen molar-refractivity contribution in [2.45, 2.75) is 38.5 Å². The van der Waals surface area contributed by atoms with Crippen LogP contribution in [0.3, 0.4) is 0 Å². The van der Waals surface area contributed by atoms with Gasteiger partial charge in [0.2, 0.25) is 11.1 Å². The molecule has 3 aromatic rings. The standard InChI is InChI=1S/C15H12ClF5N6S/c1-2-7-5-8-10(22-13(16)23-11(8)28-7)26-3-4-27-9(6-26)24-25-12(27)14(17,18)15(19,20)21/h5H,2-4,6H2,1H3. The van der Waals surface area contributed by atoms with Crippen molar-refractivity contribution >= 4 is 39.0 Å². The third kappa shape index (κ3) is 2.98. The zero-order chi connectivity index (χ0) is 20.3. The number of halogens is 6. The van der Waals surface area contributed by atoms with Gasteiger partial charge in [-0.3, -0.25) is 0 Å². The molecular formula is C15H12ClF5N6S. The first-order valence-corrected chi connectivity index (χ1v) is 9.39. The molecule has 28 heavy (non-hydrogen) atoms. The van der Waals surface area contributed by atoms with E-state index in [1.54, 1.807) is 4.90 Å². The molecule has 1 aliphatic rings. The van der Waals surface area contributed by atoms with E-state index in [-0.39, 0.29) is 30.7 Å². The lowest BCUT2D eigenvalue weighted by Crippen LogP contribution is -2.40. The maximum absolute atomic E-state index is 13.7. The average Bonchev–Trinajstić information content (AvgIpc) is 3.23. The van der Waals surface area contributed by atoms with Crippen LogP contribution >= 0.6 is 22.9 Å². The lowest BCUT2D eigenvalue weighted by molar-refractivity contribution is -0.293. The Morgan fingerprint density at radius 1 is 1.14 bits per heavy atom. The summed E-state index contributed by atoms with van der Waals surface area (Å²) in [5.74, 6) is -5.98. The van der Waals surface area contributed by atoms with E-state index in [0.717, 1.165) is 21.3 Å². The summed E-state index contributed by atoms with van der Waals surface area (Å²) in [6.45, 7) is 1.97. The number of rotatable bonds is 3. The van der Waals surface area contributed by atoms with E-state index in [4.69, 9.17) is 11.6 Å². The fraction of sp³-hybridized carbons (Fsp3) is 0.467. The van der Waals surface area contributed by atoms with Crippen molar-refractivity contribution in [1.29, 1.82) is 0 Å². The molecule has 4 heterocycles. The number of nitrogens with zero attached hydrogens (tertiary/aromatic N) is 6. The van der Waals surface area contributed by atoms with Crippen molar-refractivity contribution in [3.8, 4) is 0 Å². The van der Waals surface area contributed by atoms with Crippen molar-refractivity contribution in [2.24, 2.45) is 0 Å². The van der Waals surface area contributed by atoms with E-state index in [2.05, 4.69) is 20.2 Å². The highest BCUT2D eigenvalue weighted by Gasteiger charge is 2.62. The number of thiophene rings is 1. The molecule has 0 fully saturated rings. The Morgan fingerprint density at radius 2 is 1.89 bits per heavy atom. The highest BCUT2D eigenvalue weighted by Crippen LogP contribution is 2.43. The van der Waals surface area contributed by atoms with Crippen LogP contribution in [0.1, 0.15) is 23.4 Å². The number of fused-ring (bicyclic) bond motifs is 2. The number of aryl methyl sites for hydroxylation is 1. The minimum Gasteiger partial charge on any atom is -0.347 e. The molecule has 0 radical (unpaired) electrons. The van der Waals surface area contributed by atoms with Gasteiger partial charge in [0.15, 0.2) is 5.82 Å². The second-order valence-corrected chi connectivity index (χ2v) is 7.64. The minimum atomic E-state index is -5.74. The third-order valence-corrected chi connectivity index (χ3v) is 5.78. The fourth-order valence-electron chi connectivity index (χ4n) is 3.04. The number of alkyl halides is 5. The number of aromatic nitrogens is 5. The second-order valence-electron chi connectivity index (χ2n) is 6.19. The normalized spacial score (nSPS) is 15.3. The molecule has 0 aliphatic carbocycles. The van der Waals surface area contributed by atoms with Gasteiger partial charge in [0.1, 0.15) is 10.6 Å². The summed E-state index contributed by atoms with van der Waals surface area (Å²) in [5, 5.41) is 7.46. The SMILES string of the molecule is CCc1cc2c(N3CCn4c(nnc4C(F)(F)C(F)(F)F)C3)nc(Cl)nc2s1. The first-order valence-electron chi connectivity index (χ1n) is 8.19. The van der Waals surface area contributed by atoms with Gasteiger partial charge in [0.25, 0.3) is 0 Å². The topological polar surface area (TPSA) is 59.7 Å². The molecule has 0 spiro atoms. The van der Waals surface area contributed by atoms with Gasteiger partial charge in [0, 0.05) is 18.0 Å². The first-order chi connectivity index (χ1) is 13.1. The molecule has 0 N–H and O–H groups in total. The number of hydrogen-bond donors (Lipinski definition) is 0. The lowest BCUT2D eigenvalue weighted by atomic mass is 10.2. The van der Waals surface area contributed by atoms with Gasteiger partial charge in [-0.15, -0.1) is 21.5 Å². The summed E-state index contributed by atoms with van der Waals surface area (Å²) in [6.07, 6.45) is -4.95. The minimum absolute atomic E-state index is 0.000922. The van der Waals surface area contributed by atoms with Crippen molar-refractivity contribution in [3.05, 3.63) is 27.9 Å². The van der Waals surface area contributed by atoms with Crippen LogP contribution in [0.4, 0.5) is 27.8 Å². The fourth-order valence-corrected chi connectivity index (χ4v) is 4.22. The Hall–Kier alpha value is -2.08. The lowest BCUT2D eigenvalue weighted by Gasteiger charge is -2.30. The summed E-state index contributed by atoms with van der Waals surface area (Å²) in [6, 6.07) is 1.92. The molecule has 0 atom stereocenters. The third-order valence-electron chi connectivity index (χ3n) is 4.43. The summed E-state index contributed by atoms with van der Waals surface area (Å²) in [7, 11) is 0. The second kappa shape index (κ2) is 6.48. The van der Waals surface area contributed by atoms with Gasteiger partial charge < -0.3 is 9.47 Å². The predicted octanol–water partition coefficient (Wildman–Crippen LogP) is 4.17. The maximum atomic E-state index is 13.7. The molecule has 1 aliphatic heterocycles. The van der Waals surface area contributed by atoms with Crippen LogP contribution in [-0.4, -0.2) is 37.5 Å². The highest BCUT2D eigenvalue weighted by molar-refractivity contribution is 7.18. The van der Waals surface area contributed by atoms with Crippen LogP contribution in [0, 0.1) is 0 Å². The van der Waals surface area contributed by atoms with Gasteiger partial charge >= 0.3 is 12.1 Å². The maximum Gasteiger partial charge on any atom is 0.461 e. The number of anilines is 1. The molecule has 13 heteroatoms. The summed E-state index contributed by atoms with van der Waals surface area (Å²) >= 11 is 7.48. The van der Waals surface area contributed by atoms with Gasteiger partial charge in [-0.05, 0) is 24.1 Å². The highest BCUT2D eigenvalue weighted by atomic mass is 35.5. The van der Waals surface area contributed by atoms with Gasteiger partial charge in [0.05, 0.1) is 11.9 Å². The molecule has 0 unspecified atom stereocenters. The smallest absolute Gasteiger partial charge is 0.347 e. The van der Waals surface area contributed by atoms with E-state index in [9.17, 15) is 22.0 Å². The Labute approximate surface area is 164 Å². The van der Waals surface area contributed by atoms with Crippen molar-refractivity contribution in [2.75, 3.05) is 11.4 Å². The Kier molecular flexibility index (Phi) is 4.45. The quantitative estimate of drug-likeness (QED) is 0.453. The Bertz CT molecular complexity index is 1050. The zero-order valence-corrected chi connectivity index (χ0v) is 15.8. The molecule has 150 valence electrons. The van der Waals surface area contributed by atoms with Crippen molar-refractivity contribution < 1.29 is 22.0 Å². The molecule has 6 nitrogen and oxygen atoms in total. The zero-order valence-electron chi connectivity index (χ0n) is 14.3. The van der Waals surface area contributed by atoms with Crippen molar-refractivity contribution in [1.82, 2.24) is 24.7 Å². The van der Waals surface area contributed by atoms with Crippen LogP contribution in [0.15, 0.2) is 6.07 Å². The average molecular weight is 439 g/mol. The van der Waals surface area contributed by atoms with E-state index in [1.165, 1.54) is 11.3 Å². The molecule has 0 aromatic carbocycles. The molecule has 0 amide bonds. The summed E-state index contributed by atoms with van der Waals surface area (Å²) < 4.78 is 66.3. The van der Waals surface area contributed by atoms with Crippen LogP contribution in [0.2, 0.25) is 5.28 Å². The molecule has 0 bridgehead atoms. The molecule has 3 aromatic heterocycles. The Morgan fingerprint density at radius 3 is 2.57 bits per heavy atom. The molecular weight excluding hydrogens is 427 g/mol. The van der Waals surface area contributed by atoms with E-state index >= 15 is 0 Å². The van der Waals surface area contributed by atoms with Crippen LogP contribution in [-0.2, 0) is 25.4 Å². The predicted molar refractivity (Wildman–Crippen MR) is 92.8 cm³/mol. The van der Waals surface area contributed by atoms with E-state index in [1.807, 2.05) is 13.0 Å². The molecule has 4 rings (SSSR count). The Balaban J connectivity index is 1.71. The van der Waals surface area contributed by atoms with Crippen LogP contribution in [0.5, 0.6) is 0 Å². The molecule has 0 saturated carbocycles. The monoisotopic (exact) mass is 438 g/mol.